The van der Waals surface area contributed by atoms with Gasteiger partial charge in [-0.05, 0) is 13.0 Å². The smallest absolute Gasteiger partial charge is 0.270 e. The number of rotatable bonds is 4. The van der Waals surface area contributed by atoms with Gasteiger partial charge in [-0.3, -0.25) is 10.1 Å². The predicted octanol–water partition coefficient (Wildman–Crippen LogP) is -0.204. The van der Waals surface area contributed by atoms with Crippen molar-refractivity contribution in [3.8, 4) is 5.75 Å². The van der Waals surface area contributed by atoms with E-state index in [4.69, 9.17) is 25.7 Å². The number of methoxy groups -OCH3 is 2. The number of nitrogens with zero attached hydrogens (tertiary/aromatic N) is 1. The lowest BCUT2D eigenvalue weighted by Gasteiger charge is -2.49. The lowest BCUT2D eigenvalue weighted by molar-refractivity contribution is -0.385. The average Bonchev–Trinajstić information content (AvgIpc) is 2.46. The molecule has 0 radical (unpaired) electrons. The largest absolute Gasteiger partial charge is 0.479 e. The third kappa shape index (κ3) is 2.32. The Hall–Kier alpha value is -1.78. The maximum absolute atomic E-state index is 10.9. The number of non-ortho nitro benzene ring substituents is 1. The number of aliphatic hydroxyl groups is 1. The highest BCUT2D eigenvalue weighted by Gasteiger charge is 2.57. The molecular weight excluding hydrogens is 294 g/mol. The van der Waals surface area contributed by atoms with Gasteiger partial charge in [0.1, 0.15) is 17.5 Å². The van der Waals surface area contributed by atoms with Crippen molar-refractivity contribution in [1.29, 1.82) is 0 Å². The van der Waals surface area contributed by atoms with E-state index in [1.54, 1.807) is 0 Å². The molecule has 0 saturated carbocycles. The van der Waals surface area contributed by atoms with Crippen molar-refractivity contribution in [2.24, 2.45) is 11.5 Å². The van der Waals surface area contributed by atoms with Crippen molar-refractivity contribution < 1.29 is 24.2 Å². The van der Waals surface area contributed by atoms with Gasteiger partial charge in [0.15, 0.2) is 11.9 Å². The maximum Gasteiger partial charge on any atom is 0.270 e. The summed E-state index contributed by atoms with van der Waals surface area (Å²) < 4.78 is 16.1. The van der Waals surface area contributed by atoms with E-state index in [1.807, 2.05) is 0 Å². The molecule has 0 saturated heterocycles. The molecule has 0 amide bonds. The van der Waals surface area contributed by atoms with E-state index in [0.717, 1.165) is 0 Å². The monoisotopic (exact) mass is 313 g/mol. The first-order chi connectivity index (χ1) is 10.2. The lowest BCUT2D eigenvalue weighted by Crippen LogP contribution is -2.71. The molecule has 1 aromatic rings. The van der Waals surface area contributed by atoms with Crippen LogP contribution in [0.1, 0.15) is 12.5 Å². The molecule has 5 N–H and O–H groups in total. The van der Waals surface area contributed by atoms with Gasteiger partial charge in [0.2, 0.25) is 0 Å². The zero-order valence-electron chi connectivity index (χ0n) is 12.5. The number of hydrogen-bond acceptors (Lipinski definition) is 8. The van der Waals surface area contributed by atoms with Gasteiger partial charge < -0.3 is 30.8 Å². The van der Waals surface area contributed by atoms with E-state index in [1.165, 1.54) is 39.3 Å². The topological polar surface area (TPSA) is 143 Å². The van der Waals surface area contributed by atoms with Gasteiger partial charge in [0.25, 0.3) is 5.69 Å². The third-order valence-corrected chi connectivity index (χ3v) is 3.86. The number of ether oxygens (including phenoxy) is 3. The Morgan fingerprint density at radius 3 is 2.50 bits per heavy atom. The highest BCUT2D eigenvalue weighted by Crippen LogP contribution is 2.43. The number of hydrogen-bond donors (Lipinski definition) is 3. The molecule has 0 aliphatic carbocycles. The highest BCUT2D eigenvalue weighted by molar-refractivity contribution is 5.50. The van der Waals surface area contributed by atoms with Crippen LogP contribution in [-0.4, -0.2) is 42.2 Å². The minimum absolute atomic E-state index is 0.137. The summed E-state index contributed by atoms with van der Waals surface area (Å²) >= 11 is 0. The van der Waals surface area contributed by atoms with Gasteiger partial charge in [0, 0.05) is 31.9 Å². The first-order valence-electron chi connectivity index (χ1n) is 6.47. The van der Waals surface area contributed by atoms with Crippen molar-refractivity contribution in [1.82, 2.24) is 0 Å². The Bertz CT molecular complexity index is 589. The lowest BCUT2D eigenvalue weighted by atomic mass is 9.80. The van der Waals surface area contributed by atoms with Crippen LogP contribution in [0.15, 0.2) is 18.2 Å². The van der Waals surface area contributed by atoms with Gasteiger partial charge >= 0.3 is 0 Å². The van der Waals surface area contributed by atoms with Crippen molar-refractivity contribution in [3.63, 3.8) is 0 Å². The predicted molar refractivity (Wildman–Crippen MR) is 76.0 cm³/mol. The molecule has 1 aromatic carbocycles. The van der Waals surface area contributed by atoms with Crippen LogP contribution in [0.5, 0.6) is 5.75 Å². The first-order valence-corrected chi connectivity index (χ1v) is 6.47. The van der Waals surface area contributed by atoms with Crippen LogP contribution in [0.25, 0.3) is 0 Å². The van der Waals surface area contributed by atoms with Crippen molar-refractivity contribution in [2.45, 2.75) is 30.6 Å². The fourth-order valence-electron chi connectivity index (χ4n) is 2.71. The number of nitro benzene ring substituents is 1. The Balaban J connectivity index is 2.58. The fraction of sp³-hybridized carbons (Fsp3) is 0.538. The Morgan fingerprint density at radius 2 is 2.00 bits per heavy atom. The van der Waals surface area contributed by atoms with Crippen molar-refractivity contribution in [3.05, 3.63) is 33.9 Å². The molecule has 1 aliphatic heterocycles. The van der Waals surface area contributed by atoms with Crippen LogP contribution in [0.4, 0.5) is 5.69 Å². The first kappa shape index (κ1) is 16.6. The van der Waals surface area contributed by atoms with E-state index in [2.05, 4.69) is 0 Å². The minimum Gasteiger partial charge on any atom is -0.479 e. The second-order valence-electron chi connectivity index (χ2n) is 5.36. The molecule has 1 aliphatic rings. The number of nitrogens with two attached hydrogens (primary N) is 2. The molecular formula is C13H19N3O6. The molecule has 9 nitrogen and oxygen atoms in total. The van der Waals surface area contributed by atoms with Crippen molar-refractivity contribution >= 4 is 5.69 Å². The molecule has 0 fully saturated rings. The molecule has 22 heavy (non-hydrogen) atoms. The second kappa shape index (κ2) is 5.45. The summed E-state index contributed by atoms with van der Waals surface area (Å²) in [5, 5.41) is 21.4. The molecule has 9 heteroatoms. The molecule has 2 rings (SSSR count). The highest BCUT2D eigenvalue weighted by atomic mass is 16.7. The number of fused-ring (bicyclic) bond motifs is 1. The molecule has 0 unspecified atom stereocenters. The average molecular weight is 313 g/mol. The van der Waals surface area contributed by atoms with Gasteiger partial charge in [0.05, 0.1) is 4.92 Å². The zero-order valence-corrected chi connectivity index (χ0v) is 12.5. The quantitative estimate of drug-likeness (QED) is 0.394. The van der Waals surface area contributed by atoms with E-state index >= 15 is 0 Å². The van der Waals surface area contributed by atoms with Crippen LogP contribution < -0.4 is 16.2 Å². The van der Waals surface area contributed by atoms with Crippen LogP contribution in [0, 0.1) is 10.1 Å². The van der Waals surface area contributed by atoms with Gasteiger partial charge in [-0.2, -0.15) is 0 Å². The number of benzene rings is 1. The molecule has 0 aromatic heterocycles. The summed E-state index contributed by atoms with van der Waals surface area (Å²) in [6.45, 7) is 1.54. The van der Waals surface area contributed by atoms with E-state index in [-0.39, 0.29) is 17.0 Å². The van der Waals surface area contributed by atoms with E-state index in [9.17, 15) is 15.2 Å². The number of nitro groups is 1. The van der Waals surface area contributed by atoms with Gasteiger partial charge in [-0.15, -0.1) is 0 Å². The number of aliphatic hydroxyl groups excluding tert-OH is 1. The summed E-state index contributed by atoms with van der Waals surface area (Å²) in [6, 6.07) is 3.84. The van der Waals surface area contributed by atoms with E-state index in [0.29, 0.717) is 0 Å². The normalized spacial score (nSPS) is 26.4. The summed E-state index contributed by atoms with van der Waals surface area (Å²) in [4.78, 5) is 10.3. The summed E-state index contributed by atoms with van der Waals surface area (Å²) in [5.41, 5.74) is 8.85. The van der Waals surface area contributed by atoms with Crippen LogP contribution in [0.3, 0.4) is 0 Å². The van der Waals surface area contributed by atoms with Gasteiger partial charge in [-0.25, -0.2) is 0 Å². The third-order valence-electron chi connectivity index (χ3n) is 3.86. The summed E-state index contributed by atoms with van der Waals surface area (Å²) in [7, 11) is 2.77. The Labute approximate surface area is 126 Å². The maximum atomic E-state index is 10.9. The van der Waals surface area contributed by atoms with Crippen molar-refractivity contribution in [2.75, 3.05) is 14.2 Å². The second-order valence-corrected chi connectivity index (χ2v) is 5.36. The Morgan fingerprint density at radius 1 is 1.41 bits per heavy atom. The SMILES string of the molecule is COC(OC)[C@@]1(C)Oc2ccc([N+](=O)[O-])cc2C(N)(N)[C@@H]1O. The fourth-order valence-corrected chi connectivity index (χ4v) is 2.71. The van der Waals surface area contributed by atoms with Crippen LogP contribution in [0.2, 0.25) is 0 Å². The van der Waals surface area contributed by atoms with Crippen LogP contribution >= 0.6 is 0 Å². The molecule has 1 heterocycles. The summed E-state index contributed by atoms with van der Waals surface area (Å²) in [5.74, 6) is 0.225. The molecule has 2 atom stereocenters. The Kier molecular flexibility index (Phi) is 4.11. The minimum atomic E-state index is -1.77. The van der Waals surface area contributed by atoms with Crippen LogP contribution in [-0.2, 0) is 15.1 Å². The van der Waals surface area contributed by atoms with E-state index < -0.39 is 28.6 Å². The standard InChI is InChI=1S/C13H19N3O6/c1-12(11(20-2)21-3)10(17)13(14,15)8-6-7(16(18)19)4-5-9(8)22-12/h4-6,10-11,17H,14-15H2,1-3H3/t10-,12+/m1/s1. The molecule has 0 spiro atoms. The zero-order chi connectivity index (χ0) is 16.7. The molecule has 122 valence electrons. The molecule has 0 bridgehead atoms. The van der Waals surface area contributed by atoms with Gasteiger partial charge in [-0.1, -0.05) is 0 Å². The summed E-state index contributed by atoms with van der Waals surface area (Å²) in [6.07, 6.45) is -2.38.